The van der Waals surface area contributed by atoms with Gasteiger partial charge in [0.1, 0.15) is 0 Å². The molecule has 2 heterocycles. The van der Waals surface area contributed by atoms with E-state index >= 15 is 0 Å². The fourth-order valence-electron chi connectivity index (χ4n) is 2.71. The van der Waals surface area contributed by atoms with Crippen LogP contribution in [-0.2, 0) is 0 Å². The van der Waals surface area contributed by atoms with Gasteiger partial charge < -0.3 is 10.2 Å². The molecule has 0 aromatic rings. The molecule has 0 bridgehead atoms. The summed E-state index contributed by atoms with van der Waals surface area (Å²) >= 11 is 0. The molecule has 0 spiro atoms. The number of nitrogens with one attached hydrogen (secondary N) is 1. The summed E-state index contributed by atoms with van der Waals surface area (Å²) in [4.78, 5) is 7.66. The summed E-state index contributed by atoms with van der Waals surface area (Å²) in [6, 6.07) is 0.724. The van der Waals surface area contributed by atoms with Crippen molar-refractivity contribution in [2.45, 2.75) is 13.0 Å². The first kappa shape index (κ1) is 12.3. The van der Waals surface area contributed by atoms with Crippen LogP contribution in [0.4, 0.5) is 0 Å². The highest BCUT2D eigenvalue weighted by Crippen LogP contribution is 2.07. The zero-order valence-corrected chi connectivity index (χ0v) is 10.8. The fourth-order valence-corrected chi connectivity index (χ4v) is 2.71. The summed E-state index contributed by atoms with van der Waals surface area (Å²) in [5.74, 6) is 0. The van der Waals surface area contributed by atoms with E-state index in [0.717, 1.165) is 19.1 Å². The van der Waals surface area contributed by atoms with E-state index in [1.807, 2.05) is 0 Å². The molecule has 4 heteroatoms. The summed E-state index contributed by atoms with van der Waals surface area (Å²) < 4.78 is 0. The number of likely N-dealkylation sites (N-methyl/N-ethyl adjacent to an activating group) is 1. The van der Waals surface area contributed by atoms with Gasteiger partial charge in [0.05, 0.1) is 0 Å². The number of rotatable bonds is 3. The molecule has 16 heavy (non-hydrogen) atoms. The summed E-state index contributed by atoms with van der Waals surface area (Å²) in [6.07, 6.45) is 0. The minimum absolute atomic E-state index is 0.724. The first-order chi connectivity index (χ1) is 7.75. The number of piperazine rings is 2. The van der Waals surface area contributed by atoms with Gasteiger partial charge in [0.15, 0.2) is 0 Å². The lowest BCUT2D eigenvalue weighted by atomic mass is 10.2. The lowest BCUT2D eigenvalue weighted by Gasteiger charge is -2.39. The maximum Gasteiger partial charge on any atom is 0.0195 e. The van der Waals surface area contributed by atoms with Crippen LogP contribution >= 0.6 is 0 Å². The highest BCUT2D eigenvalue weighted by Gasteiger charge is 2.21. The minimum Gasteiger partial charge on any atom is -0.314 e. The molecule has 0 saturated carbocycles. The molecule has 1 atom stereocenters. The molecule has 2 aliphatic heterocycles. The van der Waals surface area contributed by atoms with Crippen LogP contribution in [-0.4, -0.2) is 86.7 Å². The van der Waals surface area contributed by atoms with E-state index in [0.29, 0.717) is 0 Å². The highest BCUT2D eigenvalue weighted by molar-refractivity contribution is 4.78. The Kier molecular flexibility index (Phi) is 4.58. The Labute approximate surface area is 99.6 Å². The Morgan fingerprint density at radius 3 is 2.50 bits per heavy atom. The van der Waals surface area contributed by atoms with E-state index < -0.39 is 0 Å². The molecule has 1 unspecified atom stereocenters. The first-order valence-electron chi connectivity index (χ1n) is 6.61. The van der Waals surface area contributed by atoms with E-state index in [-0.39, 0.29) is 0 Å². The third kappa shape index (κ3) is 3.42. The zero-order valence-electron chi connectivity index (χ0n) is 10.8. The predicted molar refractivity (Wildman–Crippen MR) is 67.8 cm³/mol. The number of hydrogen-bond acceptors (Lipinski definition) is 4. The van der Waals surface area contributed by atoms with Crippen LogP contribution in [0.2, 0.25) is 0 Å². The summed E-state index contributed by atoms with van der Waals surface area (Å²) in [5, 5.41) is 3.41. The quantitative estimate of drug-likeness (QED) is 0.702. The van der Waals surface area contributed by atoms with Gasteiger partial charge >= 0.3 is 0 Å². The first-order valence-corrected chi connectivity index (χ1v) is 6.61. The second-order valence-electron chi connectivity index (χ2n) is 5.24. The smallest absolute Gasteiger partial charge is 0.0195 e. The summed E-state index contributed by atoms with van der Waals surface area (Å²) in [7, 11) is 2.23. The average molecular weight is 226 g/mol. The molecule has 1 N–H and O–H groups in total. The third-order valence-electron chi connectivity index (χ3n) is 3.88. The summed E-state index contributed by atoms with van der Waals surface area (Å²) in [5.41, 5.74) is 0. The van der Waals surface area contributed by atoms with Crippen LogP contribution in [0, 0.1) is 0 Å². The van der Waals surface area contributed by atoms with Crippen LogP contribution in [0.1, 0.15) is 6.92 Å². The van der Waals surface area contributed by atoms with Crippen LogP contribution in [0.15, 0.2) is 0 Å². The van der Waals surface area contributed by atoms with Crippen molar-refractivity contribution in [3.05, 3.63) is 0 Å². The van der Waals surface area contributed by atoms with Gasteiger partial charge in [-0.15, -0.1) is 0 Å². The average Bonchev–Trinajstić information content (AvgIpc) is 2.29. The van der Waals surface area contributed by atoms with E-state index in [9.17, 15) is 0 Å². The molecule has 0 amide bonds. The molecule has 0 radical (unpaired) electrons. The number of nitrogens with zero attached hydrogens (tertiary/aromatic N) is 3. The molecule has 2 aliphatic rings. The second-order valence-corrected chi connectivity index (χ2v) is 5.24. The SMILES string of the molecule is CC1CN(C)CCN1CCN1CCNCC1. The summed E-state index contributed by atoms with van der Waals surface area (Å²) in [6.45, 7) is 13.3. The maximum atomic E-state index is 3.41. The Hall–Kier alpha value is -0.160. The van der Waals surface area contributed by atoms with Gasteiger partial charge in [-0.1, -0.05) is 0 Å². The molecule has 2 rings (SSSR count). The van der Waals surface area contributed by atoms with Crippen molar-refractivity contribution in [1.29, 1.82) is 0 Å². The molecule has 0 aromatic heterocycles. The Morgan fingerprint density at radius 2 is 1.81 bits per heavy atom. The Morgan fingerprint density at radius 1 is 1.06 bits per heavy atom. The van der Waals surface area contributed by atoms with Crippen LogP contribution < -0.4 is 5.32 Å². The van der Waals surface area contributed by atoms with Gasteiger partial charge in [0, 0.05) is 64.9 Å². The van der Waals surface area contributed by atoms with Gasteiger partial charge in [-0.2, -0.15) is 0 Å². The van der Waals surface area contributed by atoms with Gasteiger partial charge in [-0.05, 0) is 14.0 Å². The van der Waals surface area contributed by atoms with Gasteiger partial charge in [0.25, 0.3) is 0 Å². The molecule has 2 fully saturated rings. The lowest BCUT2D eigenvalue weighted by Crippen LogP contribution is -2.53. The van der Waals surface area contributed by atoms with E-state index in [1.165, 1.54) is 45.8 Å². The lowest BCUT2D eigenvalue weighted by molar-refractivity contribution is 0.0858. The largest absolute Gasteiger partial charge is 0.314 e. The van der Waals surface area contributed by atoms with Crippen LogP contribution in [0.5, 0.6) is 0 Å². The van der Waals surface area contributed by atoms with Crippen LogP contribution in [0.25, 0.3) is 0 Å². The molecular formula is C12H26N4. The molecule has 94 valence electrons. The van der Waals surface area contributed by atoms with E-state index in [4.69, 9.17) is 0 Å². The van der Waals surface area contributed by atoms with Crippen molar-refractivity contribution in [3.63, 3.8) is 0 Å². The standard InChI is InChI=1S/C12H26N4/c1-12-11-14(2)7-9-16(12)10-8-15-5-3-13-4-6-15/h12-13H,3-11H2,1-2H3. The van der Waals surface area contributed by atoms with E-state index in [1.54, 1.807) is 0 Å². The van der Waals surface area contributed by atoms with Gasteiger partial charge in [-0.3, -0.25) is 9.80 Å². The number of hydrogen-bond donors (Lipinski definition) is 1. The van der Waals surface area contributed by atoms with Crippen molar-refractivity contribution in [2.24, 2.45) is 0 Å². The molecule has 2 saturated heterocycles. The maximum absolute atomic E-state index is 3.41. The molecule has 0 aliphatic carbocycles. The minimum atomic E-state index is 0.724. The molecule has 4 nitrogen and oxygen atoms in total. The highest BCUT2D eigenvalue weighted by atomic mass is 15.3. The normalized spacial score (nSPS) is 30.8. The van der Waals surface area contributed by atoms with Gasteiger partial charge in [-0.25, -0.2) is 0 Å². The fraction of sp³-hybridized carbons (Fsp3) is 1.00. The Balaban J connectivity index is 1.68. The van der Waals surface area contributed by atoms with Crippen LogP contribution in [0.3, 0.4) is 0 Å². The monoisotopic (exact) mass is 226 g/mol. The zero-order chi connectivity index (χ0) is 11.4. The van der Waals surface area contributed by atoms with Crippen molar-refractivity contribution >= 4 is 0 Å². The van der Waals surface area contributed by atoms with Crippen molar-refractivity contribution < 1.29 is 0 Å². The van der Waals surface area contributed by atoms with E-state index in [2.05, 4.69) is 34.0 Å². The molecule has 0 aromatic carbocycles. The molecular weight excluding hydrogens is 200 g/mol. The second kappa shape index (κ2) is 5.96. The topological polar surface area (TPSA) is 21.8 Å². The predicted octanol–water partition coefficient (Wildman–Crippen LogP) is -0.472. The van der Waals surface area contributed by atoms with Crippen molar-refractivity contribution in [1.82, 2.24) is 20.0 Å². The van der Waals surface area contributed by atoms with Crippen molar-refractivity contribution in [2.75, 3.05) is 66.0 Å². The third-order valence-corrected chi connectivity index (χ3v) is 3.88. The Bertz CT molecular complexity index is 203. The van der Waals surface area contributed by atoms with Crippen molar-refractivity contribution in [3.8, 4) is 0 Å². The van der Waals surface area contributed by atoms with Gasteiger partial charge in [0.2, 0.25) is 0 Å².